The summed E-state index contributed by atoms with van der Waals surface area (Å²) in [5, 5.41) is 8.68. The summed E-state index contributed by atoms with van der Waals surface area (Å²) in [5.74, 6) is 0. The van der Waals surface area contributed by atoms with E-state index in [2.05, 4.69) is 0 Å². The molecule has 0 bridgehead atoms. The Kier molecular flexibility index (Phi) is 1.90. The molecule has 1 rings (SSSR count). The molecular weight excluding hydrogens is 114 g/mol. The van der Waals surface area contributed by atoms with Crippen molar-refractivity contribution in [1.82, 2.24) is 4.90 Å². The van der Waals surface area contributed by atoms with Crippen molar-refractivity contribution < 1.29 is 5.11 Å². The molecule has 1 heterocycles. The van der Waals surface area contributed by atoms with Crippen LogP contribution in [0.3, 0.4) is 0 Å². The van der Waals surface area contributed by atoms with Gasteiger partial charge in [-0.15, -0.1) is 0 Å². The normalized spacial score (nSPS) is 18.0. The molecule has 1 N–H and O–H groups in total. The number of aliphatic hydroxyl groups is 1. The average Bonchev–Trinajstić information content (AvgIpc) is 1.88. The predicted octanol–water partition coefficient (Wildman–Crippen LogP) is 0.364. The van der Waals surface area contributed by atoms with Crippen molar-refractivity contribution in [2.24, 2.45) is 0 Å². The Balaban J connectivity index is 2.55. The first-order chi connectivity index (χ1) is 4.33. The monoisotopic (exact) mass is 125 g/mol. The van der Waals surface area contributed by atoms with Gasteiger partial charge < -0.3 is 10.0 Å². The molecule has 0 unspecified atom stereocenters. The summed E-state index contributed by atoms with van der Waals surface area (Å²) < 4.78 is 0. The van der Waals surface area contributed by atoms with Crippen LogP contribution in [0.4, 0.5) is 0 Å². The lowest BCUT2D eigenvalue weighted by molar-refractivity contribution is 0.316. The number of rotatable bonds is 1. The Morgan fingerprint density at radius 2 is 2.56 bits per heavy atom. The Bertz CT molecular complexity index is 149. The predicted molar refractivity (Wildman–Crippen MR) is 36.9 cm³/mol. The second kappa shape index (κ2) is 2.69. The molecule has 0 fully saturated rings. The molecule has 0 amide bonds. The van der Waals surface area contributed by atoms with Crippen molar-refractivity contribution in [3.63, 3.8) is 0 Å². The maximum Gasteiger partial charge on any atom is 0.0661 e. The highest BCUT2D eigenvalue weighted by Gasteiger charge is 1.99. The minimum absolute atomic E-state index is 0.175. The Labute approximate surface area is 55.1 Å². The minimum Gasteiger partial charge on any atom is -0.392 e. The molecule has 9 heavy (non-hydrogen) atoms. The lowest BCUT2D eigenvalue weighted by Crippen LogP contribution is -2.18. The molecular formula is C7H11NO. The molecule has 2 nitrogen and oxygen atoms in total. The van der Waals surface area contributed by atoms with Crippen LogP contribution in [0.1, 0.15) is 0 Å². The van der Waals surface area contributed by atoms with Crippen molar-refractivity contribution in [2.45, 2.75) is 0 Å². The second-order valence-electron chi connectivity index (χ2n) is 2.24. The zero-order chi connectivity index (χ0) is 6.69. The van der Waals surface area contributed by atoms with Crippen LogP contribution in [0.15, 0.2) is 23.9 Å². The molecule has 1 aliphatic heterocycles. The van der Waals surface area contributed by atoms with Gasteiger partial charge in [0.1, 0.15) is 0 Å². The largest absolute Gasteiger partial charge is 0.392 e. The molecule has 0 aliphatic carbocycles. The quantitative estimate of drug-likeness (QED) is 0.547. The highest BCUT2D eigenvalue weighted by Crippen LogP contribution is 2.02. The van der Waals surface area contributed by atoms with E-state index in [0.29, 0.717) is 0 Å². The van der Waals surface area contributed by atoms with Crippen LogP contribution in [0.5, 0.6) is 0 Å². The lowest BCUT2D eigenvalue weighted by atomic mass is 10.2. The smallest absolute Gasteiger partial charge is 0.0661 e. The first kappa shape index (κ1) is 6.36. The Hall–Kier alpha value is -0.760. The van der Waals surface area contributed by atoms with Crippen LogP contribution in [-0.4, -0.2) is 30.2 Å². The van der Waals surface area contributed by atoms with Gasteiger partial charge >= 0.3 is 0 Å². The topological polar surface area (TPSA) is 23.5 Å². The number of likely N-dealkylation sites (N-methyl/N-ethyl adjacent to an activating group) is 1. The maximum absolute atomic E-state index is 8.68. The highest BCUT2D eigenvalue weighted by atomic mass is 16.3. The second-order valence-corrected chi connectivity index (χ2v) is 2.24. The van der Waals surface area contributed by atoms with Gasteiger partial charge in [-0.25, -0.2) is 0 Å². The zero-order valence-electron chi connectivity index (χ0n) is 5.54. The summed E-state index contributed by atoms with van der Waals surface area (Å²) in [5.41, 5.74) is 1.07. The van der Waals surface area contributed by atoms with Gasteiger partial charge in [0, 0.05) is 13.6 Å². The van der Waals surface area contributed by atoms with Gasteiger partial charge in [-0.2, -0.15) is 0 Å². The molecule has 1 aliphatic rings. The molecule has 0 saturated heterocycles. The fourth-order valence-electron chi connectivity index (χ4n) is 0.854. The Morgan fingerprint density at radius 3 is 3.00 bits per heavy atom. The van der Waals surface area contributed by atoms with Crippen LogP contribution in [-0.2, 0) is 0 Å². The number of allylic oxidation sites excluding steroid dienone is 2. The summed E-state index contributed by atoms with van der Waals surface area (Å²) in [6.45, 7) is 1.03. The molecule has 0 aromatic carbocycles. The summed E-state index contributed by atoms with van der Waals surface area (Å²) in [4.78, 5) is 2.03. The van der Waals surface area contributed by atoms with E-state index in [0.717, 1.165) is 12.1 Å². The van der Waals surface area contributed by atoms with Crippen molar-refractivity contribution in [3.05, 3.63) is 23.9 Å². The van der Waals surface area contributed by atoms with Gasteiger partial charge in [-0.1, -0.05) is 6.08 Å². The first-order valence-electron chi connectivity index (χ1n) is 3.00. The first-order valence-corrected chi connectivity index (χ1v) is 3.00. The summed E-state index contributed by atoms with van der Waals surface area (Å²) in [7, 11) is 1.99. The molecule has 0 saturated carbocycles. The van der Waals surface area contributed by atoms with Gasteiger partial charge in [0.05, 0.1) is 6.61 Å². The van der Waals surface area contributed by atoms with Gasteiger partial charge in [0.15, 0.2) is 0 Å². The third-order valence-corrected chi connectivity index (χ3v) is 1.33. The molecule has 0 radical (unpaired) electrons. The molecule has 0 spiro atoms. The average molecular weight is 125 g/mol. The summed E-state index contributed by atoms with van der Waals surface area (Å²) in [6, 6.07) is 0. The lowest BCUT2D eigenvalue weighted by Gasteiger charge is -2.17. The Morgan fingerprint density at radius 1 is 1.78 bits per heavy atom. The maximum atomic E-state index is 8.68. The zero-order valence-corrected chi connectivity index (χ0v) is 5.54. The molecule has 0 atom stereocenters. The van der Waals surface area contributed by atoms with Crippen molar-refractivity contribution in [2.75, 3.05) is 20.2 Å². The standard InChI is InChI=1S/C7H11NO/c1-8-4-2-3-7(5-8)6-9/h2-4,9H,5-6H2,1H3. The SMILES string of the molecule is CN1C=CC=C(CO)C1. The molecule has 2 heteroatoms. The van der Waals surface area contributed by atoms with Crippen LogP contribution < -0.4 is 0 Å². The summed E-state index contributed by atoms with van der Waals surface area (Å²) in [6.07, 6.45) is 5.87. The molecule has 0 aromatic heterocycles. The fraction of sp³-hybridized carbons (Fsp3) is 0.429. The summed E-state index contributed by atoms with van der Waals surface area (Å²) >= 11 is 0. The van der Waals surface area contributed by atoms with Crippen LogP contribution in [0.25, 0.3) is 0 Å². The van der Waals surface area contributed by atoms with Crippen molar-refractivity contribution in [1.29, 1.82) is 0 Å². The highest BCUT2D eigenvalue weighted by molar-refractivity contribution is 5.18. The number of hydrogen-bond donors (Lipinski definition) is 1. The van der Waals surface area contributed by atoms with Crippen LogP contribution in [0, 0.1) is 0 Å². The van der Waals surface area contributed by atoms with E-state index in [4.69, 9.17) is 5.11 Å². The fourth-order valence-corrected chi connectivity index (χ4v) is 0.854. The van der Waals surface area contributed by atoms with E-state index in [-0.39, 0.29) is 6.61 Å². The van der Waals surface area contributed by atoms with Gasteiger partial charge in [-0.3, -0.25) is 0 Å². The van der Waals surface area contributed by atoms with E-state index in [1.54, 1.807) is 0 Å². The van der Waals surface area contributed by atoms with Crippen molar-refractivity contribution in [3.8, 4) is 0 Å². The minimum atomic E-state index is 0.175. The molecule has 0 aromatic rings. The number of aliphatic hydroxyl groups excluding tert-OH is 1. The van der Waals surface area contributed by atoms with E-state index in [1.807, 2.05) is 30.3 Å². The third kappa shape index (κ3) is 1.57. The van der Waals surface area contributed by atoms with Gasteiger partial charge in [-0.05, 0) is 17.8 Å². The van der Waals surface area contributed by atoms with E-state index in [1.165, 1.54) is 0 Å². The third-order valence-electron chi connectivity index (χ3n) is 1.33. The number of hydrogen-bond acceptors (Lipinski definition) is 2. The van der Waals surface area contributed by atoms with E-state index < -0.39 is 0 Å². The van der Waals surface area contributed by atoms with Crippen LogP contribution >= 0.6 is 0 Å². The van der Waals surface area contributed by atoms with Gasteiger partial charge in [0.2, 0.25) is 0 Å². The molecule has 50 valence electrons. The van der Waals surface area contributed by atoms with Crippen molar-refractivity contribution >= 4 is 0 Å². The van der Waals surface area contributed by atoms with E-state index >= 15 is 0 Å². The van der Waals surface area contributed by atoms with Crippen LogP contribution in [0.2, 0.25) is 0 Å². The number of nitrogens with zero attached hydrogens (tertiary/aromatic N) is 1. The van der Waals surface area contributed by atoms with Gasteiger partial charge in [0.25, 0.3) is 0 Å². The van der Waals surface area contributed by atoms with E-state index in [9.17, 15) is 0 Å².